The zero-order valence-corrected chi connectivity index (χ0v) is 9.12. The summed E-state index contributed by atoms with van der Waals surface area (Å²) in [6.45, 7) is 2.23. The topological polar surface area (TPSA) is 113 Å². The summed E-state index contributed by atoms with van der Waals surface area (Å²) >= 11 is 0. The summed E-state index contributed by atoms with van der Waals surface area (Å²) in [4.78, 5) is 21.3. The summed E-state index contributed by atoms with van der Waals surface area (Å²) in [5, 5.41) is 24.0. The first-order chi connectivity index (χ1) is 7.42. The largest absolute Gasteiger partial charge is 0.448 e. The fourth-order valence-electron chi connectivity index (χ4n) is 0.694. The number of aliphatic hydroxyl groups is 3. The third kappa shape index (κ3) is 5.06. The molecule has 1 aliphatic rings. The van der Waals surface area contributed by atoms with Crippen LogP contribution in [0.2, 0.25) is 0 Å². The number of ether oxygens (including phenoxy) is 2. The van der Waals surface area contributed by atoms with Gasteiger partial charge < -0.3 is 24.8 Å². The molecule has 0 aromatic rings. The first-order valence-corrected chi connectivity index (χ1v) is 4.73. The minimum atomic E-state index is -0.954. The average molecular weight is 236 g/mol. The molecule has 1 heterocycles. The molecule has 0 aromatic heterocycles. The Bertz CT molecular complexity index is 216. The molecule has 16 heavy (non-hydrogen) atoms. The Kier molecular flexibility index (Phi) is 6.63. The van der Waals surface area contributed by atoms with E-state index in [9.17, 15) is 9.59 Å². The molecule has 2 atom stereocenters. The van der Waals surface area contributed by atoms with Crippen molar-refractivity contribution >= 4 is 11.9 Å². The number of carbonyl (C=O) groups excluding carboxylic acids is 2. The first kappa shape index (κ1) is 14.8. The lowest BCUT2D eigenvalue weighted by atomic mass is 10.3. The van der Waals surface area contributed by atoms with Crippen LogP contribution in [0.4, 0.5) is 0 Å². The summed E-state index contributed by atoms with van der Waals surface area (Å²) in [6.07, 6.45) is -2.45. The van der Waals surface area contributed by atoms with Crippen LogP contribution in [0, 0.1) is 0 Å². The van der Waals surface area contributed by atoms with Gasteiger partial charge in [-0.25, -0.2) is 9.59 Å². The van der Waals surface area contributed by atoms with Crippen molar-refractivity contribution in [3.8, 4) is 0 Å². The van der Waals surface area contributed by atoms with E-state index >= 15 is 0 Å². The zero-order valence-electron chi connectivity index (χ0n) is 9.12. The highest BCUT2D eigenvalue weighted by Gasteiger charge is 2.32. The second-order valence-corrected chi connectivity index (χ2v) is 3.18. The SMILES string of the molecule is CC1OC(=O)C(C)OC1=O.OCC(O)CO. The molecule has 0 aliphatic carbocycles. The van der Waals surface area contributed by atoms with Gasteiger partial charge >= 0.3 is 11.9 Å². The van der Waals surface area contributed by atoms with E-state index in [1.807, 2.05) is 0 Å². The fraction of sp³-hybridized carbons (Fsp3) is 0.778. The van der Waals surface area contributed by atoms with Crippen LogP contribution in [0.1, 0.15) is 13.8 Å². The van der Waals surface area contributed by atoms with Crippen LogP contribution in [0.25, 0.3) is 0 Å². The van der Waals surface area contributed by atoms with E-state index in [4.69, 9.17) is 15.3 Å². The van der Waals surface area contributed by atoms with Gasteiger partial charge in [-0.1, -0.05) is 0 Å². The quantitative estimate of drug-likeness (QED) is 0.484. The number of hydrogen-bond donors (Lipinski definition) is 3. The number of aliphatic hydroxyl groups excluding tert-OH is 3. The van der Waals surface area contributed by atoms with E-state index in [0.29, 0.717) is 0 Å². The average Bonchev–Trinajstić information content (AvgIpc) is 2.26. The van der Waals surface area contributed by atoms with Gasteiger partial charge in [0, 0.05) is 0 Å². The lowest BCUT2D eigenvalue weighted by Gasteiger charge is -2.22. The Hall–Kier alpha value is -1.18. The van der Waals surface area contributed by atoms with E-state index in [2.05, 4.69) is 9.47 Å². The summed E-state index contributed by atoms with van der Waals surface area (Å²) < 4.78 is 9.19. The zero-order chi connectivity index (χ0) is 12.7. The van der Waals surface area contributed by atoms with E-state index in [1.54, 1.807) is 0 Å². The molecule has 7 nitrogen and oxygen atoms in total. The molecule has 1 aliphatic heterocycles. The Morgan fingerprint density at radius 3 is 1.56 bits per heavy atom. The molecular formula is C9H16O7. The number of rotatable bonds is 2. The number of cyclic esters (lactones) is 2. The number of esters is 2. The maximum absolute atomic E-state index is 10.7. The van der Waals surface area contributed by atoms with Gasteiger partial charge in [0.25, 0.3) is 0 Å². The Morgan fingerprint density at radius 1 is 1.06 bits per heavy atom. The fourth-order valence-corrected chi connectivity index (χ4v) is 0.694. The predicted molar refractivity (Wildman–Crippen MR) is 51.3 cm³/mol. The van der Waals surface area contributed by atoms with E-state index in [0.717, 1.165) is 0 Å². The van der Waals surface area contributed by atoms with Crippen molar-refractivity contribution in [3.63, 3.8) is 0 Å². The third-order valence-corrected chi connectivity index (χ3v) is 1.67. The molecule has 1 saturated heterocycles. The molecule has 2 unspecified atom stereocenters. The minimum Gasteiger partial charge on any atom is -0.448 e. The van der Waals surface area contributed by atoms with Crippen molar-refractivity contribution in [2.24, 2.45) is 0 Å². The smallest absolute Gasteiger partial charge is 0.347 e. The molecule has 94 valence electrons. The Morgan fingerprint density at radius 2 is 1.38 bits per heavy atom. The number of hydrogen-bond acceptors (Lipinski definition) is 7. The molecule has 0 spiro atoms. The van der Waals surface area contributed by atoms with Crippen molar-refractivity contribution in [1.82, 2.24) is 0 Å². The van der Waals surface area contributed by atoms with Gasteiger partial charge in [0.1, 0.15) is 6.10 Å². The molecule has 7 heteroatoms. The van der Waals surface area contributed by atoms with Crippen molar-refractivity contribution < 1.29 is 34.4 Å². The minimum absolute atomic E-state index is 0.365. The van der Waals surface area contributed by atoms with Crippen LogP contribution in [0.15, 0.2) is 0 Å². The van der Waals surface area contributed by atoms with Gasteiger partial charge in [0.2, 0.25) is 0 Å². The van der Waals surface area contributed by atoms with Gasteiger partial charge in [0.05, 0.1) is 13.2 Å². The molecule has 0 aromatic carbocycles. The van der Waals surface area contributed by atoms with E-state index in [1.165, 1.54) is 13.8 Å². The summed E-state index contributed by atoms with van der Waals surface area (Å²) in [5.74, 6) is -0.959. The highest BCUT2D eigenvalue weighted by molar-refractivity contribution is 5.86. The summed E-state index contributed by atoms with van der Waals surface area (Å²) in [7, 11) is 0. The molecule has 1 fully saturated rings. The Labute approximate surface area is 92.6 Å². The van der Waals surface area contributed by atoms with Crippen molar-refractivity contribution in [2.75, 3.05) is 13.2 Å². The standard InChI is InChI=1S/C6H8O4.C3H8O3/c1-3-5(7)10-4(2)6(8)9-3;4-1-3(6)2-5/h3-4H,1-2H3;3-6H,1-2H2. The molecule has 0 amide bonds. The lowest BCUT2D eigenvalue weighted by molar-refractivity contribution is -0.191. The van der Waals surface area contributed by atoms with Gasteiger partial charge in [-0.15, -0.1) is 0 Å². The molecular weight excluding hydrogens is 220 g/mol. The lowest BCUT2D eigenvalue weighted by Crippen LogP contribution is -2.40. The monoisotopic (exact) mass is 236 g/mol. The van der Waals surface area contributed by atoms with Crippen LogP contribution in [0.5, 0.6) is 0 Å². The highest BCUT2D eigenvalue weighted by Crippen LogP contribution is 2.08. The third-order valence-electron chi connectivity index (χ3n) is 1.67. The second-order valence-electron chi connectivity index (χ2n) is 3.18. The van der Waals surface area contributed by atoms with Crippen LogP contribution in [0.3, 0.4) is 0 Å². The molecule has 0 bridgehead atoms. The van der Waals surface area contributed by atoms with Crippen molar-refractivity contribution in [3.05, 3.63) is 0 Å². The highest BCUT2D eigenvalue weighted by atomic mass is 16.6. The molecule has 3 N–H and O–H groups in total. The van der Waals surface area contributed by atoms with Crippen LogP contribution in [-0.2, 0) is 19.1 Å². The van der Waals surface area contributed by atoms with E-state index < -0.39 is 30.3 Å². The van der Waals surface area contributed by atoms with Crippen molar-refractivity contribution in [2.45, 2.75) is 32.2 Å². The summed E-state index contributed by atoms with van der Waals surface area (Å²) in [5.41, 5.74) is 0. The first-order valence-electron chi connectivity index (χ1n) is 4.73. The van der Waals surface area contributed by atoms with Gasteiger partial charge in [-0.3, -0.25) is 0 Å². The molecule has 0 saturated carbocycles. The van der Waals surface area contributed by atoms with Gasteiger partial charge in [0.15, 0.2) is 12.2 Å². The molecule has 1 rings (SSSR count). The van der Waals surface area contributed by atoms with Crippen LogP contribution in [-0.4, -0.2) is 58.8 Å². The predicted octanol–water partition coefficient (Wildman–Crippen LogP) is -1.80. The molecule has 0 radical (unpaired) electrons. The van der Waals surface area contributed by atoms with Crippen LogP contribution < -0.4 is 0 Å². The second kappa shape index (κ2) is 7.15. The van der Waals surface area contributed by atoms with Crippen molar-refractivity contribution in [1.29, 1.82) is 0 Å². The maximum Gasteiger partial charge on any atom is 0.347 e. The maximum atomic E-state index is 10.7. The van der Waals surface area contributed by atoms with E-state index in [-0.39, 0.29) is 13.2 Å². The van der Waals surface area contributed by atoms with Crippen LogP contribution >= 0.6 is 0 Å². The van der Waals surface area contributed by atoms with Gasteiger partial charge in [-0.2, -0.15) is 0 Å². The normalized spacial score (nSPS) is 24.4. The summed E-state index contributed by atoms with van der Waals surface area (Å²) in [6, 6.07) is 0. The Balaban J connectivity index is 0.000000325. The van der Waals surface area contributed by atoms with Gasteiger partial charge in [-0.05, 0) is 13.8 Å². The number of carbonyl (C=O) groups is 2.